The molecule has 0 bridgehead atoms. The van der Waals surface area contributed by atoms with E-state index in [-0.39, 0.29) is 0 Å². The molecular weight excluding hydrogens is 669 g/mol. The minimum atomic E-state index is 0.485. The molecule has 0 amide bonds. The van der Waals surface area contributed by atoms with E-state index >= 15 is 0 Å². The van der Waals surface area contributed by atoms with Gasteiger partial charge >= 0.3 is 0 Å². The summed E-state index contributed by atoms with van der Waals surface area (Å²) in [5.74, 6) is 0.485. The molecule has 7 aromatic carbocycles. The SMILES string of the molecule is CC1C=Cc2c(c3ccncc3n2-c2c3ccccc3c(-c3c4ccccc4c(-n4c5ccccc5c5ccncc54)c4ccccc34)c3ccccc23)C1. The molecule has 4 aromatic heterocycles. The molecule has 0 spiro atoms. The van der Waals surface area contributed by atoms with Gasteiger partial charge in [-0.15, -0.1) is 0 Å². The van der Waals surface area contributed by atoms with Crippen LogP contribution in [-0.4, -0.2) is 19.1 Å². The van der Waals surface area contributed by atoms with Crippen molar-refractivity contribution in [2.75, 3.05) is 0 Å². The fraction of sp³-hybridized carbons (Fsp3) is 0.0588. The van der Waals surface area contributed by atoms with Crippen molar-refractivity contribution in [3.8, 4) is 22.5 Å². The Morgan fingerprint density at radius 2 is 0.855 bits per heavy atom. The van der Waals surface area contributed by atoms with Crippen LogP contribution in [0.15, 0.2) is 164 Å². The number of aromatic nitrogens is 4. The van der Waals surface area contributed by atoms with Crippen molar-refractivity contribution in [1.82, 2.24) is 19.1 Å². The van der Waals surface area contributed by atoms with Gasteiger partial charge in [0.15, 0.2) is 0 Å². The highest BCUT2D eigenvalue weighted by Gasteiger charge is 2.27. The number of rotatable bonds is 3. The average Bonchev–Trinajstić information content (AvgIpc) is 3.74. The molecule has 11 aromatic rings. The van der Waals surface area contributed by atoms with Crippen LogP contribution >= 0.6 is 0 Å². The normalized spacial score (nSPS) is 14.3. The minimum absolute atomic E-state index is 0.485. The molecule has 4 heteroatoms. The zero-order chi connectivity index (χ0) is 36.2. The highest BCUT2D eigenvalue weighted by molar-refractivity contribution is 6.28. The second kappa shape index (κ2) is 11.5. The Balaban J connectivity index is 1.26. The summed E-state index contributed by atoms with van der Waals surface area (Å²) in [4.78, 5) is 9.31. The quantitative estimate of drug-likeness (QED) is 0.172. The first kappa shape index (κ1) is 30.4. The third kappa shape index (κ3) is 4.17. The number of para-hydroxylation sites is 1. The third-order valence-corrected chi connectivity index (χ3v) is 12.0. The molecule has 1 unspecified atom stereocenters. The highest BCUT2D eigenvalue weighted by Crippen LogP contribution is 2.50. The lowest BCUT2D eigenvalue weighted by molar-refractivity contribution is 0.718. The first-order valence-corrected chi connectivity index (χ1v) is 19.1. The Morgan fingerprint density at radius 3 is 1.40 bits per heavy atom. The van der Waals surface area contributed by atoms with Crippen LogP contribution in [0, 0.1) is 5.92 Å². The average molecular weight is 703 g/mol. The maximum absolute atomic E-state index is 4.67. The van der Waals surface area contributed by atoms with Gasteiger partial charge in [0.1, 0.15) is 0 Å². The van der Waals surface area contributed by atoms with Crippen LogP contribution in [0.1, 0.15) is 18.2 Å². The Labute approximate surface area is 317 Å². The molecule has 0 N–H and O–H groups in total. The predicted octanol–water partition coefficient (Wildman–Crippen LogP) is 13.0. The minimum Gasteiger partial charge on any atom is -0.307 e. The fourth-order valence-electron chi connectivity index (χ4n) is 9.79. The molecule has 1 aliphatic rings. The van der Waals surface area contributed by atoms with Crippen LogP contribution in [0.5, 0.6) is 0 Å². The van der Waals surface area contributed by atoms with E-state index in [0.717, 1.165) is 17.5 Å². The number of hydrogen-bond acceptors (Lipinski definition) is 2. The van der Waals surface area contributed by atoms with Gasteiger partial charge in [0.2, 0.25) is 0 Å². The molecule has 0 radical (unpaired) electrons. The zero-order valence-corrected chi connectivity index (χ0v) is 30.2. The van der Waals surface area contributed by atoms with Crippen molar-refractivity contribution >= 4 is 81.9 Å². The maximum atomic E-state index is 4.67. The van der Waals surface area contributed by atoms with Gasteiger partial charge in [-0.3, -0.25) is 9.97 Å². The van der Waals surface area contributed by atoms with E-state index in [0.29, 0.717) is 5.92 Å². The molecule has 4 heterocycles. The van der Waals surface area contributed by atoms with Crippen molar-refractivity contribution in [3.05, 3.63) is 176 Å². The van der Waals surface area contributed by atoms with Crippen LogP contribution in [0.4, 0.5) is 0 Å². The lowest BCUT2D eigenvalue weighted by Crippen LogP contribution is -2.06. The summed E-state index contributed by atoms with van der Waals surface area (Å²) in [6.45, 7) is 2.31. The van der Waals surface area contributed by atoms with Crippen molar-refractivity contribution in [2.45, 2.75) is 13.3 Å². The van der Waals surface area contributed by atoms with Crippen LogP contribution in [-0.2, 0) is 6.42 Å². The Morgan fingerprint density at radius 1 is 0.436 bits per heavy atom. The number of nitrogens with zero attached hydrogens (tertiary/aromatic N) is 4. The fourth-order valence-corrected chi connectivity index (χ4v) is 9.79. The van der Waals surface area contributed by atoms with E-state index in [1.807, 2.05) is 24.8 Å². The topological polar surface area (TPSA) is 35.6 Å². The van der Waals surface area contributed by atoms with Crippen LogP contribution in [0.25, 0.3) is 104 Å². The molecule has 55 heavy (non-hydrogen) atoms. The van der Waals surface area contributed by atoms with Crippen LogP contribution in [0.3, 0.4) is 0 Å². The van der Waals surface area contributed by atoms with Gasteiger partial charge in [0.25, 0.3) is 0 Å². The number of hydrogen-bond donors (Lipinski definition) is 0. The molecule has 0 fully saturated rings. The van der Waals surface area contributed by atoms with Crippen molar-refractivity contribution in [3.63, 3.8) is 0 Å². The first-order valence-electron chi connectivity index (χ1n) is 19.1. The highest BCUT2D eigenvalue weighted by atomic mass is 15.0. The predicted molar refractivity (Wildman–Crippen MR) is 231 cm³/mol. The van der Waals surface area contributed by atoms with E-state index in [4.69, 9.17) is 0 Å². The van der Waals surface area contributed by atoms with Gasteiger partial charge in [-0.05, 0) is 74.8 Å². The monoisotopic (exact) mass is 702 g/mol. The largest absolute Gasteiger partial charge is 0.307 e. The standard InChI is InChI=1S/C51H34N4/c1-31-22-23-45-43(28-31)34-25-27-53-30-47(34)55(45)51-41-19-8-4-15-37(41)49(38-16-5-9-20-42(38)51)48-35-13-2-6-17-39(35)50(40-18-7-3-14-36(40)48)54-44-21-11-10-12-32(44)33-24-26-52-29-46(33)54/h2-27,29-31H,28H2,1H3. The van der Waals surface area contributed by atoms with E-state index in [1.54, 1.807) is 0 Å². The molecule has 0 saturated heterocycles. The van der Waals surface area contributed by atoms with Gasteiger partial charge in [0, 0.05) is 55.8 Å². The molecule has 1 aliphatic carbocycles. The van der Waals surface area contributed by atoms with Gasteiger partial charge in [-0.25, -0.2) is 0 Å². The molecule has 1 atom stereocenters. The summed E-state index contributed by atoms with van der Waals surface area (Å²) in [5.41, 5.74) is 11.0. The lowest BCUT2D eigenvalue weighted by atomic mass is 9.84. The molecule has 0 saturated carbocycles. The number of pyridine rings is 2. The molecular formula is C51H34N4. The number of fused-ring (bicyclic) bond motifs is 10. The Kier molecular flexibility index (Phi) is 6.35. The summed E-state index contributed by atoms with van der Waals surface area (Å²) in [6, 6.07) is 49.1. The zero-order valence-electron chi connectivity index (χ0n) is 30.2. The van der Waals surface area contributed by atoms with E-state index in [2.05, 4.69) is 172 Å². The molecule has 12 rings (SSSR count). The molecule has 0 aliphatic heterocycles. The smallest absolute Gasteiger partial charge is 0.0724 e. The summed E-state index contributed by atoms with van der Waals surface area (Å²) in [7, 11) is 0. The number of allylic oxidation sites excluding steroid dienone is 1. The van der Waals surface area contributed by atoms with Gasteiger partial charge < -0.3 is 9.13 Å². The summed E-state index contributed by atoms with van der Waals surface area (Å²) >= 11 is 0. The lowest BCUT2D eigenvalue weighted by Gasteiger charge is -2.24. The van der Waals surface area contributed by atoms with Gasteiger partial charge in [-0.2, -0.15) is 0 Å². The van der Waals surface area contributed by atoms with Crippen LogP contribution in [0.2, 0.25) is 0 Å². The second-order valence-corrected chi connectivity index (χ2v) is 15.0. The summed E-state index contributed by atoms with van der Waals surface area (Å²) < 4.78 is 4.93. The Hall–Kier alpha value is -7.04. The number of benzene rings is 7. The van der Waals surface area contributed by atoms with E-state index in [1.165, 1.54) is 98.5 Å². The third-order valence-electron chi connectivity index (χ3n) is 12.0. The van der Waals surface area contributed by atoms with Gasteiger partial charge in [0.05, 0.1) is 40.3 Å². The van der Waals surface area contributed by atoms with Crippen LogP contribution < -0.4 is 0 Å². The van der Waals surface area contributed by atoms with Crippen molar-refractivity contribution < 1.29 is 0 Å². The first-order chi connectivity index (χ1) is 27.3. The Bertz CT molecular complexity index is 3270. The van der Waals surface area contributed by atoms with Crippen molar-refractivity contribution in [1.29, 1.82) is 0 Å². The van der Waals surface area contributed by atoms with Gasteiger partial charge in [-0.1, -0.05) is 128 Å². The molecule has 4 nitrogen and oxygen atoms in total. The summed E-state index contributed by atoms with van der Waals surface area (Å²) in [5, 5.41) is 13.5. The van der Waals surface area contributed by atoms with E-state index in [9.17, 15) is 0 Å². The van der Waals surface area contributed by atoms with E-state index < -0.39 is 0 Å². The second-order valence-electron chi connectivity index (χ2n) is 15.0. The maximum Gasteiger partial charge on any atom is 0.0724 e. The van der Waals surface area contributed by atoms with Crippen molar-refractivity contribution in [2.24, 2.45) is 5.92 Å². The molecule has 258 valence electrons. The summed E-state index contributed by atoms with van der Waals surface area (Å²) in [6.07, 6.45) is 13.6.